The Hall–Kier alpha value is -2.75. The number of aromatic carboxylic acids is 1. The lowest BCUT2D eigenvalue weighted by Gasteiger charge is -2.02. The third-order valence-electron chi connectivity index (χ3n) is 3.75. The molecule has 20 heavy (non-hydrogen) atoms. The molecule has 2 aromatic carbocycles. The van der Waals surface area contributed by atoms with E-state index in [1.807, 2.05) is 41.9 Å². The first-order valence-electron chi connectivity index (χ1n) is 6.30. The summed E-state index contributed by atoms with van der Waals surface area (Å²) in [7, 11) is 1.87. The van der Waals surface area contributed by atoms with Crippen molar-refractivity contribution in [3.63, 3.8) is 0 Å². The predicted octanol–water partition coefficient (Wildman–Crippen LogP) is 3.78. The molecule has 4 heteroatoms. The summed E-state index contributed by atoms with van der Waals surface area (Å²) in [5, 5.41) is 11.2. The van der Waals surface area contributed by atoms with Crippen LogP contribution >= 0.6 is 0 Å². The zero-order chi connectivity index (χ0) is 13.9. The van der Waals surface area contributed by atoms with Crippen LogP contribution in [0.2, 0.25) is 0 Å². The second kappa shape index (κ2) is 3.63. The smallest absolute Gasteiger partial charge is 0.337 e. The molecule has 0 aliphatic rings. The molecule has 2 aromatic heterocycles. The minimum Gasteiger partial charge on any atom is -0.478 e. The van der Waals surface area contributed by atoms with Crippen molar-refractivity contribution in [3.05, 3.63) is 48.0 Å². The molecule has 0 atom stereocenters. The largest absolute Gasteiger partial charge is 0.478 e. The molecule has 0 unspecified atom stereocenters. The first-order valence-corrected chi connectivity index (χ1v) is 6.30. The molecule has 4 aromatic rings. The molecule has 0 aliphatic carbocycles. The number of carbonyl (C=O) groups is 1. The van der Waals surface area contributed by atoms with Crippen LogP contribution in [-0.4, -0.2) is 15.6 Å². The van der Waals surface area contributed by atoms with E-state index in [1.54, 1.807) is 12.1 Å². The first kappa shape index (κ1) is 11.1. The highest BCUT2D eigenvalue weighted by Gasteiger charge is 2.20. The number of carboxylic acid groups (broad SMARTS) is 1. The zero-order valence-electron chi connectivity index (χ0n) is 10.8. The van der Waals surface area contributed by atoms with Crippen LogP contribution in [-0.2, 0) is 7.05 Å². The lowest BCUT2D eigenvalue weighted by Crippen LogP contribution is -2.00. The van der Waals surface area contributed by atoms with Crippen LogP contribution in [0.15, 0.2) is 46.9 Å². The van der Waals surface area contributed by atoms with Crippen molar-refractivity contribution in [1.82, 2.24) is 4.57 Å². The van der Waals surface area contributed by atoms with E-state index in [9.17, 15) is 9.90 Å². The number of carboxylic acids is 1. The highest BCUT2D eigenvalue weighted by Crippen LogP contribution is 2.36. The third kappa shape index (κ3) is 1.23. The van der Waals surface area contributed by atoms with E-state index < -0.39 is 5.97 Å². The Morgan fingerprint density at radius 3 is 2.60 bits per heavy atom. The van der Waals surface area contributed by atoms with E-state index >= 15 is 0 Å². The lowest BCUT2D eigenvalue weighted by atomic mass is 10.1. The van der Waals surface area contributed by atoms with Crippen LogP contribution in [0.5, 0.6) is 0 Å². The van der Waals surface area contributed by atoms with E-state index in [4.69, 9.17) is 4.42 Å². The number of aromatic nitrogens is 1. The van der Waals surface area contributed by atoms with E-state index in [1.165, 1.54) is 0 Å². The van der Waals surface area contributed by atoms with Crippen molar-refractivity contribution in [3.8, 4) is 0 Å². The Balaban J connectivity index is 2.32. The number of para-hydroxylation sites is 2. The standard InChI is InChI=1S/C16H11NO3/c1-17-13-10(6-4-7-11(13)16(18)19)15-14(17)9-5-2-3-8-12(9)20-15/h2-8H,1H3,(H,18,19). The summed E-state index contributed by atoms with van der Waals surface area (Å²) in [6, 6.07) is 13.0. The summed E-state index contributed by atoms with van der Waals surface area (Å²) < 4.78 is 7.81. The highest BCUT2D eigenvalue weighted by molar-refractivity contribution is 6.18. The normalized spacial score (nSPS) is 11.7. The maximum Gasteiger partial charge on any atom is 0.337 e. The molecule has 0 amide bonds. The molecule has 98 valence electrons. The van der Waals surface area contributed by atoms with E-state index in [-0.39, 0.29) is 0 Å². The van der Waals surface area contributed by atoms with Gasteiger partial charge in [-0.2, -0.15) is 0 Å². The second-order valence-corrected chi connectivity index (χ2v) is 4.84. The quantitative estimate of drug-likeness (QED) is 0.570. The van der Waals surface area contributed by atoms with Gasteiger partial charge in [0.1, 0.15) is 5.58 Å². The van der Waals surface area contributed by atoms with Gasteiger partial charge in [-0.1, -0.05) is 18.2 Å². The number of hydrogen-bond donors (Lipinski definition) is 1. The number of furan rings is 1. The van der Waals surface area contributed by atoms with E-state index in [0.717, 1.165) is 27.5 Å². The van der Waals surface area contributed by atoms with Crippen LogP contribution in [0.4, 0.5) is 0 Å². The van der Waals surface area contributed by atoms with Gasteiger partial charge in [0.05, 0.1) is 16.6 Å². The Labute approximate surface area is 113 Å². The maximum atomic E-state index is 11.4. The van der Waals surface area contributed by atoms with Crippen LogP contribution in [0.1, 0.15) is 10.4 Å². The van der Waals surface area contributed by atoms with Gasteiger partial charge in [0.15, 0.2) is 5.58 Å². The van der Waals surface area contributed by atoms with Crippen LogP contribution < -0.4 is 0 Å². The molecular formula is C16H11NO3. The molecule has 0 spiro atoms. The van der Waals surface area contributed by atoms with Crippen molar-refractivity contribution in [2.75, 3.05) is 0 Å². The average Bonchev–Trinajstić information content (AvgIpc) is 2.96. The Kier molecular flexibility index (Phi) is 2.02. The van der Waals surface area contributed by atoms with Gasteiger partial charge in [-0.25, -0.2) is 4.79 Å². The number of rotatable bonds is 1. The summed E-state index contributed by atoms with van der Waals surface area (Å²) in [4.78, 5) is 11.4. The number of nitrogens with zero attached hydrogens (tertiary/aromatic N) is 1. The Morgan fingerprint density at radius 2 is 1.80 bits per heavy atom. The maximum absolute atomic E-state index is 11.4. The van der Waals surface area contributed by atoms with Crippen LogP contribution in [0.3, 0.4) is 0 Å². The number of hydrogen-bond acceptors (Lipinski definition) is 2. The first-order chi connectivity index (χ1) is 9.68. The van der Waals surface area contributed by atoms with Crippen LogP contribution in [0, 0.1) is 0 Å². The van der Waals surface area contributed by atoms with E-state index in [2.05, 4.69) is 0 Å². The summed E-state index contributed by atoms with van der Waals surface area (Å²) in [6.07, 6.45) is 0. The molecule has 1 N–H and O–H groups in total. The molecular weight excluding hydrogens is 254 g/mol. The minimum atomic E-state index is -0.928. The molecule has 0 radical (unpaired) electrons. The fourth-order valence-electron chi connectivity index (χ4n) is 2.92. The Bertz CT molecular complexity index is 991. The van der Waals surface area contributed by atoms with Gasteiger partial charge in [0.2, 0.25) is 0 Å². The molecule has 4 nitrogen and oxygen atoms in total. The molecule has 2 heterocycles. The number of fused-ring (bicyclic) bond motifs is 5. The van der Waals surface area contributed by atoms with Crippen molar-refractivity contribution in [2.24, 2.45) is 7.05 Å². The van der Waals surface area contributed by atoms with Crippen molar-refractivity contribution in [1.29, 1.82) is 0 Å². The third-order valence-corrected chi connectivity index (χ3v) is 3.75. The average molecular weight is 265 g/mol. The summed E-state index contributed by atoms with van der Waals surface area (Å²) in [5.74, 6) is -0.928. The molecule has 0 saturated heterocycles. The topological polar surface area (TPSA) is 55.4 Å². The van der Waals surface area contributed by atoms with Crippen molar-refractivity contribution >= 4 is 38.9 Å². The molecule has 0 aliphatic heterocycles. The molecule has 0 fully saturated rings. The summed E-state index contributed by atoms with van der Waals surface area (Å²) in [5.41, 5.74) is 3.48. The van der Waals surface area contributed by atoms with Gasteiger partial charge in [-0.15, -0.1) is 0 Å². The number of aryl methyl sites for hydroxylation is 1. The molecule has 4 rings (SSSR count). The number of benzene rings is 2. The lowest BCUT2D eigenvalue weighted by molar-refractivity contribution is 0.0698. The van der Waals surface area contributed by atoms with Gasteiger partial charge in [0.25, 0.3) is 0 Å². The van der Waals surface area contributed by atoms with Gasteiger partial charge < -0.3 is 14.1 Å². The van der Waals surface area contributed by atoms with Gasteiger partial charge in [-0.05, 0) is 24.3 Å². The highest BCUT2D eigenvalue weighted by atomic mass is 16.4. The fourth-order valence-corrected chi connectivity index (χ4v) is 2.92. The summed E-state index contributed by atoms with van der Waals surface area (Å²) >= 11 is 0. The monoisotopic (exact) mass is 265 g/mol. The fraction of sp³-hybridized carbons (Fsp3) is 0.0625. The van der Waals surface area contributed by atoms with Gasteiger partial charge >= 0.3 is 5.97 Å². The molecule has 0 saturated carbocycles. The minimum absolute atomic E-state index is 0.292. The Morgan fingerprint density at radius 1 is 1.05 bits per heavy atom. The van der Waals surface area contributed by atoms with Gasteiger partial charge in [0, 0.05) is 17.8 Å². The van der Waals surface area contributed by atoms with E-state index in [0.29, 0.717) is 11.1 Å². The van der Waals surface area contributed by atoms with Crippen molar-refractivity contribution in [2.45, 2.75) is 0 Å². The van der Waals surface area contributed by atoms with Gasteiger partial charge in [-0.3, -0.25) is 0 Å². The predicted molar refractivity (Wildman–Crippen MR) is 77.2 cm³/mol. The van der Waals surface area contributed by atoms with Crippen molar-refractivity contribution < 1.29 is 14.3 Å². The zero-order valence-corrected chi connectivity index (χ0v) is 10.8. The SMILES string of the molecule is Cn1c2c(C(=O)O)cccc2c2oc3ccccc3c21. The van der Waals surface area contributed by atoms with Crippen LogP contribution in [0.25, 0.3) is 33.0 Å². The molecule has 0 bridgehead atoms. The second-order valence-electron chi connectivity index (χ2n) is 4.84. The summed E-state index contributed by atoms with van der Waals surface area (Å²) in [6.45, 7) is 0.